The number of methoxy groups -OCH3 is 3. The van der Waals surface area contributed by atoms with Crippen molar-refractivity contribution in [3.05, 3.63) is 316 Å². The van der Waals surface area contributed by atoms with E-state index in [2.05, 4.69) is 70.4 Å². The van der Waals surface area contributed by atoms with Gasteiger partial charge < -0.3 is 55.7 Å². The van der Waals surface area contributed by atoms with Gasteiger partial charge in [-0.1, -0.05) is 131 Å². The number of aliphatic carboxylic acids is 5. The molecule has 0 spiro atoms. The Balaban J connectivity index is 0.000000217. The Kier molecular flexibility index (Phi) is 37.7. The lowest BCUT2D eigenvalue weighted by Crippen LogP contribution is -2.12. The van der Waals surface area contributed by atoms with Crippen molar-refractivity contribution in [2.24, 2.45) is 0 Å². The zero-order valence-corrected chi connectivity index (χ0v) is 66.4. The molecule has 0 aliphatic rings. The van der Waals surface area contributed by atoms with Gasteiger partial charge in [0, 0.05) is 85.3 Å². The van der Waals surface area contributed by atoms with Gasteiger partial charge in [0.15, 0.2) is 11.6 Å². The second-order valence-corrected chi connectivity index (χ2v) is 27.8. The Morgan fingerprint density at radius 3 is 1.19 bits per heavy atom. The summed E-state index contributed by atoms with van der Waals surface area (Å²) in [6.45, 7) is 0. The predicted octanol–water partition coefficient (Wildman–Crippen LogP) is 18.1. The van der Waals surface area contributed by atoms with Crippen molar-refractivity contribution in [1.29, 1.82) is 0 Å². The molecule has 576 valence electrons. The highest BCUT2D eigenvalue weighted by atomic mass is 127. The number of ketones is 2. The van der Waals surface area contributed by atoms with Crippen LogP contribution in [-0.2, 0) is 68.9 Å². The minimum Gasteiger partial charge on any atom is -0.497 e. The number of carboxylic acids is 5. The Labute approximate surface area is 673 Å². The summed E-state index contributed by atoms with van der Waals surface area (Å²) in [5.41, 5.74) is 11.3. The normalized spacial score (nSPS) is 10.2. The van der Waals surface area contributed by atoms with Crippen LogP contribution in [0.2, 0.25) is 0 Å². The molecule has 0 aromatic heterocycles. The van der Waals surface area contributed by atoms with Gasteiger partial charge in [-0.05, 0) is 238 Å². The molecule has 3 amide bonds. The number of carbonyl (C=O) groups excluding carboxylic acids is 5. The first-order valence-corrected chi connectivity index (χ1v) is 37.6. The molecular formula is C87H84Br2IN3O18. The summed E-state index contributed by atoms with van der Waals surface area (Å²) in [5, 5.41) is 51.9. The SMILES string of the molecule is COc1ccc(C(=O)Cc2ccc(CCC(=O)O)cc2)c(OC)c1.COc1ccccc1C(=O)Cc1ccc(CC(=O)O)cc1.O=C(O)CCCc1cccc(NC(=O)c2ccc(I)cc2)c1.O=C(O)CCCc1cccc(NC(=O)c2cccc(Br)c2)c1.O=C(O)CCCc1cccc(NC(=O)c2ccccc2Br)c1. The van der Waals surface area contributed by atoms with Gasteiger partial charge in [0.1, 0.15) is 17.2 Å². The van der Waals surface area contributed by atoms with Crippen LogP contribution in [0.25, 0.3) is 0 Å². The number of para-hydroxylation sites is 1. The number of benzene rings is 10. The molecule has 21 nitrogen and oxygen atoms in total. The topological polar surface area (TPSA) is 336 Å². The maximum atomic E-state index is 12.5. The fourth-order valence-electron chi connectivity index (χ4n) is 10.7. The average molecular weight is 1750 g/mol. The summed E-state index contributed by atoms with van der Waals surface area (Å²) in [5.74, 6) is -2.98. The van der Waals surface area contributed by atoms with Gasteiger partial charge in [0.25, 0.3) is 17.7 Å². The van der Waals surface area contributed by atoms with Crippen molar-refractivity contribution in [3.63, 3.8) is 0 Å². The molecule has 0 heterocycles. The summed E-state index contributed by atoms with van der Waals surface area (Å²) in [4.78, 5) is 114. The standard InChI is InChI=1S/C19H20O5.2C17H16BrNO3.C17H16INO3.C17H16O4/c1-23-15-8-9-16(18(12-15)24-2)17(20)11-14-5-3-13(4-6-14)7-10-19(21)22;18-14-7-3-6-13(11-14)17(22)19-15-8-1-4-12(10-15)5-2-9-16(20)21;18-15-9-2-1-8-14(15)17(22)19-13-7-3-5-12(11-13)6-4-10-16(20)21;18-14-9-7-13(8-10-14)17(22)19-15-5-1-3-12(11-15)4-2-6-16(20)21;1-21-16-5-3-2-4-14(16)15(18)10-12-6-8-13(9-7-12)11-17(19)20/h3-6,8-9,12H,7,10-11H2,1-2H3,(H,21,22);1,3-4,6-8,10-11H,2,5,9H2,(H,19,22)(H,20,21);1-3,5,7-9,11H,4,6,10H2,(H,19,22)(H,20,21);1,3,5,7-11H,2,4,6H2,(H,19,22)(H,20,21);2-9H,10-11H2,1H3,(H,19,20). The highest BCUT2D eigenvalue weighted by molar-refractivity contribution is 14.1. The fraction of sp³-hybridized carbons (Fsp3) is 0.195. The van der Waals surface area contributed by atoms with E-state index in [-0.39, 0.29) is 74.2 Å². The number of carbonyl (C=O) groups is 10. The van der Waals surface area contributed by atoms with E-state index in [0.29, 0.717) is 101 Å². The monoisotopic (exact) mass is 1740 g/mol. The van der Waals surface area contributed by atoms with Crippen LogP contribution in [0.3, 0.4) is 0 Å². The molecule has 0 atom stereocenters. The summed E-state index contributed by atoms with van der Waals surface area (Å²) in [7, 11) is 4.61. The van der Waals surface area contributed by atoms with Gasteiger partial charge in [0.2, 0.25) is 0 Å². The van der Waals surface area contributed by atoms with Crippen LogP contribution in [0, 0.1) is 3.57 Å². The van der Waals surface area contributed by atoms with Gasteiger partial charge >= 0.3 is 29.8 Å². The van der Waals surface area contributed by atoms with Crippen molar-refractivity contribution < 1.29 is 87.7 Å². The molecular weight excluding hydrogens is 1660 g/mol. The number of rotatable bonds is 32. The maximum absolute atomic E-state index is 12.5. The second-order valence-electron chi connectivity index (χ2n) is 24.8. The molecule has 0 saturated heterocycles. The number of Topliss-reactive ketones (excluding diaryl/α,β-unsaturated/α-hetero) is 2. The summed E-state index contributed by atoms with van der Waals surface area (Å²) < 4.78 is 18.2. The van der Waals surface area contributed by atoms with E-state index < -0.39 is 29.8 Å². The number of anilines is 3. The number of hydrogen-bond acceptors (Lipinski definition) is 13. The number of amides is 3. The van der Waals surface area contributed by atoms with Crippen molar-refractivity contribution in [2.45, 2.75) is 89.9 Å². The third kappa shape index (κ3) is 33.0. The van der Waals surface area contributed by atoms with Crippen LogP contribution in [0.5, 0.6) is 17.2 Å². The van der Waals surface area contributed by atoms with Crippen LogP contribution < -0.4 is 30.2 Å². The minimum absolute atomic E-state index is 0.0132. The lowest BCUT2D eigenvalue weighted by molar-refractivity contribution is -0.138. The van der Waals surface area contributed by atoms with Crippen molar-refractivity contribution >= 4 is 131 Å². The molecule has 10 aromatic rings. The smallest absolute Gasteiger partial charge is 0.307 e. The molecule has 0 radical (unpaired) electrons. The van der Waals surface area contributed by atoms with Gasteiger partial charge in [0.05, 0.1) is 44.4 Å². The number of ether oxygens (including phenoxy) is 3. The Morgan fingerprint density at radius 1 is 0.333 bits per heavy atom. The molecule has 0 saturated carbocycles. The highest BCUT2D eigenvalue weighted by Crippen LogP contribution is 2.28. The number of nitrogens with one attached hydrogen (secondary N) is 3. The van der Waals surface area contributed by atoms with E-state index in [1.165, 1.54) is 14.2 Å². The van der Waals surface area contributed by atoms with Crippen molar-refractivity contribution in [1.82, 2.24) is 0 Å². The van der Waals surface area contributed by atoms with E-state index in [1.807, 2.05) is 140 Å². The molecule has 10 aromatic carbocycles. The lowest BCUT2D eigenvalue weighted by atomic mass is 10.00. The van der Waals surface area contributed by atoms with Crippen molar-refractivity contribution in [2.75, 3.05) is 37.3 Å². The first kappa shape index (κ1) is 88.3. The zero-order chi connectivity index (χ0) is 80.6. The molecule has 111 heavy (non-hydrogen) atoms. The summed E-state index contributed by atoms with van der Waals surface area (Å²) >= 11 is 8.89. The second kappa shape index (κ2) is 47.3. The summed E-state index contributed by atoms with van der Waals surface area (Å²) in [6, 6.07) is 70.8. The van der Waals surface area contributed by atoms with E-state index in [9.17, 15) is 47.9 Å². The van der Waals surface area contributed by atoms with Crippen molar-refractivity contribution in [3.8, 4) is 17.2 Å². The van der Waals surface area contributed by atoms with E-state index in [4.69, 9.17) is 39.7 Å². The van der Waals surface area contributed by atoms with Gasteiger partial charge in [-0.3, -0.25) is 47.9 Å². The van der Waals surface area contributed by atoms with Crippen LogP contribution >= 0.6 is 54.5 Å². The van der Waals surface area contributed by atoms with E-state index >= 15 is 0 Å². The lowest BCUT2D eigenvalue weighted by Gasteiger charge is -2.10. The van der Waals surface area contributed by atoms with Crippen LogP contribution in [-0.4, -0.2) is 106 Å². The zero-order valence-electron chi connectivity index (χ0n) is 61.1. The molecule has 0 unspecified atom stereocenters. The maximum Gasteiger partial charge on any atom is 0.307 e. The number of hydrogen-bond donors (Lipinski definition) is 8. The third-order valence-electron chi connectivity index (χ3n) is 16.3. The number of carboxylic acid groups (broad SMARTS) is 5. The van der Waals surface area contributed by atoms with E-state index in [1.54, 1.807) is 104 Å². The van der Waals surface area contributed by atoms with Crippen LogP contribution in [0.4, 0.5) is 17.1 Å². The highest BCUT2D eigenvalue weighted by Gasteiger charge is 2.17. The molecule has 0 aliphatic heterocycles. The largest absolute Gasteiger partial charge is 0.497 e. The average Bonchev–Trinajstić information content (AvgIpc) is 0.848. The van der Waals surface area contributed by atoms with Gasteiger partial charge in [-0.2, -0.15) is 0 Å². The number of halogens is 3. The molecule has 0 fully saturated rings. The Morgan fingerprint density at radius 2 is 0.748 bits per heavy atom. The summed E-state index contributed by atoms with van der Waals surface area (Å²) in [6.07, 6.45) is 5.30. The minimum atomic E-state index is -0.868. The first-order valence-electron chi connectivity index (χ1n) is 34.9. The first-order chi connectivity index (χ1) is 53.3. The Hall–Kier alpha value is -11.6. The molecule has 10 rings (SSSR count). The third-order valence-corrected chi connectivity index (χ3v) is 18.2. The van der Waals surface area contributed by atoms with Crippen LogP contribution in [0.1, 0.15) is 136 Å². The van der Waals surface area contributed by atoms with Gasteiger partial charge in [-0.25, -0.2) is 0 Å². The number of aryl methyl sites for hydroxylation is 4. The van der Waals surface area contributed by atoms with Crippen LogP contribution in [0.15, 0.2) is 246 Å². The molecule has 0 bridgehead atoms. The predicted molar refractivity (Wildman–Crippen MR) is 441 cm³/mol. The molecule has 0 aliphatic carbocycles. The Bertz CT molecular complexity index is 4800. The van der Waals surface area contributed by atoms with E-state index in [0.717, 1.165) is 57.1 Å². The fourth-order valence-corrected chi connectivity index (χ4v) is 11.9. The molecule has 24 heteroatoms. The quantitative estimate of drug-likeness (QED) is 0.0143. The molecule has 8 N–H and O–H groups in total. The van der Waals surface area contributed by atoms with Gasteiger partial charge in [-0.15, -0.1) is 0 Å².